The lowest BCUT2D eigenvalue weighted by Gasteiger charge is -2.04. The lowest BCUT2D eigenvalue weighted by molar-refractivity contribution is -0.749. The van der Waals surface area contributed by atoms with E-state index < -0.39 is 11.7 Å². The summed E-state index contributed by atoms with van der Waals surface area (Å²) in [4.78, 5) is 16.7. The summed E-state index contributed by atoms with van der Waals surface area (Å²) in [5.41, 5.74) is 6.88. The molecule has 2 aromatic carbocycles. The number of hydrogen-bond acceptors (Lipinski definition) is 2. The number of hydrogen-bond donors (Lipinski definition) is 3. The monoisotopic (exact) mass is 322 g/mol. The number of carbonyl (C=O) groups is 1. The smallest absolute Gasteiger partial charge is 0.311 e. The average Bonchev–Trinajstić information content (AvgIpc) is 2.51. The fourth-order valence-corrected chi connectivity index (χ4v) is 1.81. The van der Waals surface area contributed by atoms with Gasteiger partial charge in [0.1, 0.15) is 5.82 Å². The molecule has 0 saturated heterocycles. The highest BCUT2D eigenvalue weighted by Gasteiger charge is 2.08. The predicted octanol–water partition coefficient (Wildman–Crippen LogP) is 0.835. The molecule has 7 heteroatoms. The minimum Gasteiger partial charge on any atom is -0.333 e. The summed E-state index contributed by atoms with van der Waals surface area (Å²) in [6.45, 7) is -0.275. The summed E-state index contributed by atoms with van der Waals surface area (Å²) in [6, 6.07) is 13.0. The molecule has 0 radical (unpaired) electrons. The van der Waals surface area contributed by atoms with Gasteiger partial charge in [0.15, 0.2) is 0 Å². The van der Waals surface area contributed by atoms with E-state index in [0.717, 1.165) is 11.6 Å². The number of anilines is 1. The van der Waals surface area contributed by atoms with Crippen LogP contribution >= 0.6 is 11.6 Å². The Morgan fingerprint density at radius 3 is 2.68 bits per heavy atom. The Hall–Kier alpha value is -2.60. The first kappa shape index (κ1) is 15.8. The van der Waals surface area contributed by atoms with Crippen molar-refractivity contribution in [2.24, 2.45) is 5.73 Å². The molecule has 0 spiro atoms. The van der Waals surface area contributed by atoms with Gasteiger partial charge in [0.05, 0.1) is 10.6 Å². The van der Waals surface area contributed by atoms with E-state index in [1.807, 2.05) is 18.2 Å². The van der Waals surface area contributed by atoms with Gasteiger partial charge in [0.25, 0.3) is 5.91 Å². The van der Waals surface area contributed by atoms with Crippen LogP contribution in [0.1, 0.15) is 5.56 Å². The van der Waals surface area contributed by atoms with Gasteiger partial charge in [-0.25, -0.2) is 4.39 Å². The number of benzene rings is 2. The normalized spacial score (nSPS) is 11.1. The molecule has 0 saturated carbocycles. The summed E-state index contributed by atoms with van der Waals surface area (Å²) in [5, 5.41) is 4.93. The number of halogens is 2. The molecule has 0 atom stereocenters. The van der Waals surface area contributed by atoms with E-state index >= 15 is 0 Å². The van der Waals surface area contributed by atoms with Gasteiger partial charge in [0, 0.05) is 5.69 Å². The lowest BCUT2D eigenvalue weighted by Crippen LogP contribution is -2.75. The van der Waals surface area contributed by atoms with Crippen LogP contribution in [0.25, 0.3) is 0 Å². The standard InChI is InChI=1S/C15H13ClFN3O2/c16-12-8-11(6-7-13(12)17)19-14(21)9-22-20-15(18)10-4-2-1-3-5-10/h1-8H,9H2,(H2,18,20)(H,19,21)/p+1. The van der Waals surface area contributed by atoms with Crippen LogP contribution in [0.4, 0.5) is 10.1 Å². The van der Waals surface area contributed by atoms with Gasteiger partial charge in [-0.3, -0.25) is 10.5 Å². The van der Waals surface area contributed by atoms with Gasteiger partial charge in [-0.05, 0) is 30.3 Å². The third-order valence-corrected chi connectivity index (χ3v) is 2.96. The second-order valence-electron chi connectivity index (χ2n) is 4.35. The second kappa shape index (κ2) is 7.42. The summed E-state index contributed by atoms with van der Waals surface area (Å²) in [7, 11) is 0. The van der Waals surface area contributed by atoms with Crippen molar-refractivity contribution < 1.29 is 19.2 Å². The number of amidine groups is 1. The highest BCUT2D eigenvalue weighted by molar-refractivity contribution is 6.31. The first-order valence-electron chi connectivity index (χ1n) is 6.37. The number of nitrogens with one attached hydrogen (secondary N) is 2. The molecular formula is C15H14ClFN3O2+. The fourth-order valence-electron chi connectivity index (χ4n) is 1.63. The van der Waals surface area contributed by atoms with E-state index in [4.69, 9.17) is 22.2 Å². The molecule has 4 N–H and O–H groups in total. The van der Waals surface area contributed by atoms with Crippen LogP contribution in [0.3, 0.4) is 0 Å². The molecule has 114 valence electrons. The third kappa shape index (κ3) is 4.46. The topological polar surface area (TPSA) is 78.3 Å². The zero-order valence-corrected chi connectivity index (χ0v) is 12.2. The highest BCUT2D eigenvalue weighted by atomic mass is 35.5. The van der Waals surface area contributed by atoms with Gasteiger partial charge in [-0.15, -0.1) is 0 Å². The molecule has 5 nitrogen and oxygen atoms in total. The van der Waals surface area contributed by atoms with Crippen molar-refractivity contribution in [1.29, 1.82) is 0 Å². The van der Waals surface area contributed by atoms with E-state index in [-0.39, 0.29) is 11.6 Å². The highest BCUT2D eigenvalue weighted by Crippen LogP contribution is 2.19. The van der Waals surface area contributed by atoms with Crippen LogP contribution in [-0.4, -0.2) is 18.3 Å². The number of amides is 1. The van der Waals surface area contributed by atoms with E-state index in [1.54, 1.807) is 12.1 Å². The van der Waals surface area contributed by atoms with E-state index in [0.29, 0.717) is 11.5 Å². The SMILES string of the molecule is NC(=[NH+]OCC(=O)Nc1ccc(F)c(Cl)c1)c1ccccc1. The maximum atomic E-state index is 13.0. The molecule has 0 aliphatic rings. The summed E-state index contributed by atoms with van der Waals surface area (Å²) in [6.07, 6.45) is 0. The van der Waals surface area contributed by atoms with Gasteiger partial charge in [-0.1, -0.05) is 35.0 Å². The van der Waals surface area contributed by atoms with Crippen LogP contribution in [-0.2, 0) is 9.63 Å². The van der Waals surface area contributed by atoms with E-state index in [2.05, 4.69) is 10.5 Å². The molecule has 2 rings (SSSR count). The zero-order chi connectivity index (χ0) is 15.9. The molecule has 0 aliphatic carbocycles. The molecule has 0 aromatic heterocycles. The maximum Gasteiger partial charge on any atom is 0.311 e. The minimum atomic E-state index is -0.553. The van der Waals surface area contributed by atoms with Crippen LogP contribution < -0.4 is 16.2 Å². The predicted molar refractivity (Wildman–Crippen MR) is 81.7 cm³/mol. The van der Waals surface area contributed by atoms with Crippen molar-refractivity contribution in [3.8, 4) is 0 Å². The second-order valence-corrected chi connectivity index (χ2v) is 4.75. The average molecular weight is 323 g/mol. The summed E-state index contributed by atoms with van der Waals surface area (Å²) >= 11 is 5.62. The Morgan fingerprint density at radius 1 is 1.27 bits per heavy atom. The molecule has 2 aromatic rings. The molecule has 0 fully saturated rings. The Bertz CT molecular complexity index is 692. The molecule has 0 aliphatic heterocycles. The van der Waals surface area contributed by atoms with Crippen molar-refractivity contribution in [3.05, 3.63) is 64.9 Å². The van der Waals surface area contributed by atoms with Crippen molar-refractivity contribution in [2.45, 2.75) is 0 Å². The molecule has 22 heavy (non-hydrogen) atoms. The largest absolute Gasteiger partial charge is 0.333 e. The summed E-state index contributed by atoms with van der Waals surface area (Å²) < 4.78 is 13.0. The quantitative estimate of drug-likeness (QED) is 0.433. The molecule has 0 unspecified atom stereocenters. The molecular weight excluding hydrogens is 309 g/mol. The summed E-state index contributed by atoms with van der Waals surface area (Å²) in [5.74, 6) is -0.697. The van der Waals surface area contributed by atoms with Gasteiger partial charge < -0.3 is 10.2 Å². The van der Waals surface area contributed by atoms with Crippen molar-refractivity contribution in [2.75, 3.05) is 11.9 Å². The Balaban J connectivity index is 1.86. The fraction of sp³-hybridized carbons (Fsp3) is 0.0667. The third-order valence-electron chi connectivity index (χ3n) is 2.67. The Kier molecular flexibility index (Phi) is 5.32. The maximum absolute atomic E-state index is 13.0. The molecule has 0 heterocycles. The van der Waals surface area contributed by atoms with E-state index in [1.165, 1.54) is 12.1 Å². The Labute approximate surface area is 131 Å². The van der Waals surface area contributed by atoms with Gasteiger partial charge in [0.2, 0.25) is 6.61 Å². The molecule has 0 bridgehead atoms. The number of nitrogen functional groups attached to an aromatic ring is 1. The minimum absolute atomic E-state index is 0.0708. The number of carbonyl (C=O) groups excluding carboxylic acids is 1. The van der Waals surface area contributed by atoms with Gasteiger partial charge in [-0.2, -0.15) is 0 Å². The number of rotatable bonds is 5. The van der Waals surface area contributed by atoms with Gasteiger partial charge >= 0.3 is 5.84 Å². The van der Waals surface area contributed by atoms with Crippen molar-refractivity contribution in [3.63, 3.8) is 0 Å². The van der Waals surface area contributed by atoms with E-state index in [9.17, 15) is 9.18 Å². The lowest BCUT2D eigenvalue weighted by atomic mass is 10.2. The van der Waals surface area contributed by atoms with Crippen LogP contribution in [0.15, 0.2) is 48.5 Å². The van der Waals surface area contributed by atoms with Crippen molar-refractivity contribution in [1.82, 2.24) is 0 Å². The Morgan fingerprint density at radius 2 is 2.00 bits per heavy atom. The first-order valence-corrected chi connectivity index (χ1v) is 6.74. The first-order chi connectivity index (χ1) is 10.6. The van der Waals surface area contributed by atoms with Crippen LogP contribution in [0, 0.1) is 5.82 Å². The molecule has 1 amide bonds. The number of nitrogens with two attached hydrogens (primary N) is 1. The van der Waals surface area contributed by atoms with Crippen LogP contribution in [0.5, 0.6) is 0 Å². The zero-order valence-electron chi connectivity index (χ0n) is 11.5. The van der Waals surface area contributed by atoms with Crippen molar-refractivity contribution >= 4 is 29.0 Å². The van der Waals surface area contributed by atoms with Crippen LogP contribution in [0.2, 0.25) is 5.02 Å².